The topological polar surface area (TPSA) is 71.3 Å². The monoisotopic (exact) mass is 328 g/mol. The van der Waals surface area contributed by atoms with Gasteiger partial charge in [0, 0.05) is 11.6 Å². The number of rotatable bonds is 5. The van der Waals surface area contributed by atoms with Gasteiger partial charge in [-0.2, -0.15) is 5.26 Å². The second kappa shape index (κ2) is 8.39. The van der Waals surface area contributed by atoms with Gasteiger partial charge in [0.05, 0.1) is 14.2 Å². The van der Waals surface area contributed by atoms with Gasteiger partial charge in [0.15, 0.2) is 0 Å². The van der Waals surface area contributed by atoms with Crippen molar-refractivity contribution in [2.45, 2.75) is 38.6 Å². The number of nitrogens with zero attached hydrogens (tertiary/aromatic N) is 1. The SMILES string of the molecule is COc1ccc(OC)c(/C=C(\C#N)C(=O)N[C@@H]2CCCC[C@H]2C)c1. The molecule has 1 aromatic carbocycles. The molecular weight excluding hydrogens is 304 g/mol. The molecule has 0 bridgehead atoms. The maximum Gasteiger partial charge on any atom is 0.262 e. The van der Waals surface area contributed by atoms with Crippen LogP contribution in [0.15, 0.2) is 23.8 Å². The zero-order valence-corrected chi connectivity index (χ0v) is 14.5. The van der Waals surface area contributed by atoms with Gasteiger partial charge in [-0.1, -0.05) is 19.8 Å². The molecule has 2 atom stereocenters. The van der Waals surface area contributed by atoms with Crippen molar-refractivity contribution in [1.82, 2.24) is 5.32 Å². The second-order valence-corrected chi connectivity index (χ2v) is 6.12. The quantitative estimate of drug-likeness (QED) is 0.665. The van der Waals surface area contributed by atoms with Crippen LogP contribution in [0.25, 0.3) is 6.08 Å². The first kappa shape index (κ1) is 17.9. The van der Waals surface area contributed by atoms with Gasteiger partial charge in [0.2, 0.25) is 0 Å². The molecule has 1 aromatic rings. The molecule has 0 spiro atoms. The molecule has 1 aliphatic carbocycles. The number of methoxy groups -OCH3 is 2. The molecule has 5 nitrogen and oxygen atoms in total. The van der Waals surface area contributed by atoms with Crippen molar-refractivity contribution in [3.05, 3.63) is 29.3 Å². The number of carbonyl (C=O) groups is 1. The van der Waals surface area contributed by atoms with Gasteiger partial charge < -0.3 is 14.8 Å². The first-order valence-corrected chi connectivity index (χ1v) is 8.23. The first-order chi connectivity index (χ1) is 11.6. The second-order valence-electron chi connectivity index (χ2n) is 6.12. The van der Waals surface area contributed by atoms with Crippen molar-refractivity contribution in [2.24, 2.45) is 5.92 Å². The largest absolute Gasteiger partial charge is 0.497 e. The number of benzene rings is 1. The maximum atomic E-state index is 12.5. The number of carbonyl (C=O) groups excluding carboxylic acids is 1. The highest BCUT2D eigenvalue weighted by Gasteiger charge is 2.24. The minimum atomic E-state index is -0.332. The van der Waals surface area contributed by atoms with Gasteiger partial charge in [-0.15, -0.1) is 0 Å². The average molecular weight is 328 g/mol. The fraction of sp³-hybridized carbons (Fsp3) is 0.474. The molecule has 1 aliphatic rings. The number of amides is 1. The van der Waals surface area contributed by atoms with Crippen LogP contribution in [-0.2, 0) is 4.79 Å². The van der Waals surface area contributed by atoms with Crippen molar-refractivity contribution in [1.29, 1.82) is 5.26 Å². The van der Waals surface area contributed by atoms with E-state index in [4.69, 9.17) is 9.47 Å². The maximum absolute atomic E-state index is 12.5. The summed E-state index contributed by atoms with van der Waals surface area (Å²) in [7, 11) is 3.12. The lowest BCUT2D eigenvalue weighted by molar-refractivity contribution is -0.118. The molecule has 1 saturated carbocycles. The molecule has 24 heavy (non-hydrogen) atoms. The summed E-state index contributed by atoms with van der Waals surface area (Å²) < 4.78 is 10.5. The predicted molar refractivity (Wildman–Crippen MR) is 92.7 cm³/mol. The summed E-state index contributed by atoms with van der Waals surface area (Å²) in [6.45, 7) is 2.14. The van der Waals surface area contributed by atoms with E-state index in [1.165, 1.54) is 6.42 Å². The number of nitrogens with one attached hydrogen (secondary N) is 1. The lowest BCUT2D eigenvalue weighted by Crippen LogP contribution is -2.41. The molecule has 0 heterocycles. The van der Waals surface area contributed by atoms with E-state index < -0.39 is 0 Å². The first-order valence-electron chi connectivity index (χ1n) is 8.23. The van der Waals surface area contributed by atoms with Crippen molar-refractivity contribution in [3.8, 4) is 17.6 Å². The highest BCUT2D eigenvalue weighted by molar-refractivity contribution is 6.02. The van der Waals surface area contributed by atoms with E-state index in [0.29, 0.717) is 23.0 Å². The Morgan fingerprint density at radius 2 is 2.04 bits per heavy atom. The molecule has 0 unspecified atom stereocenters. The molecule has 1 fully saturated rings. The van der Waals surface area contributed by atoms with Crippen LogP contribution in [0.3, 0.4) is 0 Å². The smallest absolute Gasteiger partial charge is 0.262 e. The molecule has 0 radical (unpaired) electrons. The number of hydrogen-bond donors (Lipinski definition) is 1. The average Bonchev–Trinajstić information content (AvgIpc) is 2.61. The molecule has 0 aliphatic heterocycles. The van der Waals surface area contributed by atoms with E-state index >= 15 is 0 Å². The summed E-state index contributed by atoms with van der Waals surface area (Å²) in [4.78, 5) is 12.5. The van der Waals surface area contributed by atoms with Crippen molar-refractivity contribution < 1.29 is 14.3 Å². The van der Waals surface area contributed by atoms with Crippen LogP contribution in [0, 0.1) is 17.2 Å². The van der Waals surface area contributed by atoms with Gasteiger partial charge in [-0.05, 0) is 43.0 Å². The van der Waals surface area contributed by atoms with E-state index in [0.717, 1.165) is 19.3 Å². The number of ether oxygens (including phenoxy) is 2. The Morgan fingerprint density at radius 3 is 2.67 bits per heavy atom. The highest BCUT2D eigenvalue weighted by atomic mass is 16.5. The van der Waals surface area contributed by atoms with Crippen molar-refractivity contribution in [2.75, 3.05) is 14.2 Å². The van der Waals surface area contributed by atoms with Crippen LogP contribution in [-0.4, -0.2) is 26.2 Å². The van der Waals surface area contributed by atoms with Crippen molar-refractivity contribution >= 4 is 12.0 Å². The van der Waals surface area contributed by atoms with E-state index in [1.54, 1.807) is 38.5 Å². The highest BCUT2D eigenvalue weighted by Crippen LogP contribution is 2.27. The lowest BCUT2D eigenvalue weighted by atomic mass is 9.86. The van der Waals surface area contributed by atoms with E-state index in [2.05, 4.69) is 12.2 Å². The Balaban J connectivity index is 2.22. The summed E-state index contributed by atoms with van der Waals surface area (Å²) in [5.41, 5.74) is 0.708. The minimum Gasteiger partial charge on any atom is -0.497 e. The third kappa shape index (κ3) is 4.29. The van der Waals surface area contributed by atoms with Gasteiger partial charge in [-0.3, -0.25) is 4.79 Å². The summed E-state index contributed by atoms with van der Waals surface area (Å²) in [6.07, 6.45) is 5.94. The number of nitriles is 1. The van der Waals surface area contributed by atoms with E-state index in [-0.39, 0.29) is 17.5 Å². The van der Waals surface area contributed by atoms with Crippen LogP contribution >= 0.6 is 0 Å². The standard InChI is InChI=1S/C19H24N2O3/c1-13-6-4-5-7-17(13)21-19(22)15(12-20)10-14-11-16(23-2)8-9-18(14)24-3/h8-11,13,17H,4-7H2,1-3H3,(H,21,22)/b15-10+/t13-,17-/m1/s1. The Bertz CT molecular complexity index is 661. The summed E-state index contributed by atoms with van der Waals surface area (Å²) in [5, 5.41) is 12.4. The molecule has 2 rings (SSSR count). The Hall–Kier alpha value is -2.48. The Kier molecular flexibility index (Phi) is 6.25. The van der Waals surface area contributed by atoms with E-state index in [9.17, 15) is 10.1 Å². The van der Waals surface area contributed by atoms with Gasteiger partial charge in [0.25, 0.3) is 5.91 Å². The fourth-order valence-corrected chi connectivity index (χ4v) is 3.03. The van der Waals surface area contributed by atoms with Crippen LogP contribution in [0.5, 0.6) is 11.5 Å². The normalized spacial score (nSPS) is 20.8. The Labute approximate surface area is 143 Å². The lowest BCUT2D eigenvalue weighted by Gasteiger charge is -2.29. The summed E-state index contributed by atoms with van der Waals surface area (Å²) >= 11 is 0. The van der Waals surface area contributed by atoms with Crippen LogP contribution in [0.2, 0.25) is 0 Å². The third-order valence-corrected chi connectivity index (χ3v) is 4.53. The fourth-order valence-electron chi connectivity index (χ4n) is 3.03. The third-order valence-electron chi connectivity index (χ3n) is 4.53. The zero-order valence-electron chi connectivity index (χ0n) is 14.5. The molecule has 0 saturated heterocycles. The summed E-state index contributed by atoms with van der Waals surface area (Å²) in [5.74, 6) is 1.33. The van der Waals surface area contributed by atoms with Crippen LogP contribution in [0.1, 0.15) is 38.2 Å². The predicted octanol–water partition coefficient (Wildman–Crippen LogP) is 3.31. The number of hydrogen-bond acceptors (Lipinski definition) is 4. The molecule has 5 heteroatoms. The molecule has 1 N–H and O–H groups in total. The summed E-state index contributed by atoms with van der Waals surface area (Å²) in [6, 6.07) is 7.39. The van der Waals surface area contributed by atoms with Crippen molar-refractivity contribution in [3.63, 3.8) is 0 Å². The molecule has 128 valence electrons. The van der Waals surface area contributed by atoms with Crippen LogP contribution in [0.4, 0.5) is 0 Å². The van der Waals surface area contributed by atoms with Gasteiger partial charge in [0.1, 0.15) is 23.1 Å². The Morgan fingerprint density at radius 1 is 1.29 bits per heavy atom. The van der Waals surface area contributed by atoms with Gasteiger partial charge >= 0.3 is 0 Å². The van der Waals surface area contributed by atoms with Crippen LogP contribution < -0.4 is 14.8 Å². The zero-order chi connectivity index (χ0) is 17.5. The molecule has 0 aromatic heterocycles. The van der Waals surface area contributed by atoms with Gasteiger partial charge in [-0.25, -0.2) is 0 Å². The minimum absolute atomic E-state index is 0.0688. The molecule has 1 amide bonds. The molecular formula is C19H24N2O3. The van der Waals surface area contributed by atoms with E-state index in [1.807, 2.05) is 6.07 Å².